The highest BCUT2D eigenvalue weighted by atomic mass is 35.5. The summed E-state index contributed by atoms with van der Waals surface area (Å²) >= 11 is 6.43. The number of hydrogen-bond donors (Lipinski definition) is 4. The number of aliphatic carboxylic acids is 2. The Morgan fingerprint density at radius 2 is 1.61 bits per heavy atom. The zero-order chi connectivity index (χ0) is 28.3. The second kappa shape index (κ2) is 14.7. The van der Waals surface area contributed by atoms with E-state index >= 15 is 0 Å². The van der Waals surface area contributed by atoms with Gasteiger partial charge in [-0.1, -0.05) is 48.9 Å². The molecule has 1 aliphatic rings. The van der Waals surface area contributed by atoms with Gasteiger partial charge >= 0.3 is 18.1 Å². The second-order valence-corrected chi connectivity index (χ2v) is 9.61. The first-order valence-electron chi connectivity index (χ1n) is 12.2. The van der Waals surface area contributed by atoms with Crippen LogP contribution in [0.25, 0.3) is 0 Å². The predicted octanol–water partition coefficient (Wildman–Crippen LogP) is 5.74. The Morgan fingerprint density at radius 3 is 2.18 bits per heavy atom. The molecular weight excluding hydrogens is 525 g/mol. The van der Waals surface area contributed by atoms with E-state index in [2.05, 4.69) is 16.7 Å². The third-order valence-corrected chi connectivity index (χ3v) is 6.21. The molecule has 2 aromatic carbocycles. The van der Waals surface area contributed by atoms with E-state index < -0.39 is 30.5 Å². The van der Waals surface area contributed by atoms with E-state index in [0.29, 0.717) is 17.1 Å². The SMILES string of the molecule is CC(CC(=O)c1ccc(CNc2c(Cl)ccc3c2CCNCC3)cc1)CC(F)(F)F.O=C(O)CCC(=O)O. The Hall–Kier alpha value is -3.11. The molecule has 2 aromatic rings. The number of benzene rings is 2. The molecule has 1 aliphatic heterocycles. The fourth-order valence-electron chi connectivity index (χ4n) is 4.05. The zero-order valence-electron chi connectivity index (χ0n) is 21.0. The molecule has 0 saturated carbocycles. The highest BCUT2D eigenvalue weighted by molar-refractivity contribution is 6.33. The van der Waals surface area contributed by atoms with Crippen molar-refractivity contribution < 1.29 is 37.8 Å². The van der Waals surface area contributed by atoms with Gasteiger partial charge in [-0.3, -0.25) is 14.4 Å². The summed E-state index contributed by atoms with van der Waals surface area (Å²) in [6.45, 7) is 3.85. The molecule has 0 bridgehead atoms. The van der Waals surface area contributed by atoms with Crippen LogP contribution >= 0.6 is 11.6 Å². The van der Waals surface area contributed by atoms with Crippen LogP contribution in [0.3, 0.4) is 0 Å². The van der Waals surface area contributed by atoms with Gasteiger partial charge in [0.1, 0.15) is 0 Å². The average molecular weight is 557 g/mol. The summed E-state index contributed by atoms with van der Waals surface area (Å²) in [5.74, 6) is -3.15. The van der Waals surface area contributed by atoms with Gasteiger partial charge in [0.2, 0.25) is 0 Å². The topological polar surface area (TPSA) is 116 Å². The first-order valence-corrected chi connectivity index (χ1v) is 12.6. The van der Waals surface area contributed by atoms with Crippen LogP contribution in [0.2, 0.25) is 5.02 Å². The number of ketones is 1. The molecule has 4 N–H and O–H groups in total. The molecule has 0 aromatic heterocycles. The number of carboxylic acids is 2. The van der Waals surface area contributed by atoms with E-state index in [1.54, 1.807) is 12.1 Å². The number of nitrogens with one attached hydrogen (secondary N) is 2. The van der Waals surface area contributed by atoms with Gasteiger partial charge in [-0.15, -0.1) is 0 Å². The lowest BCUT2D eigenvalue weighted by Gasteiger charge is -2.16. The van der Waals surface area contributed by atoms with E-state index in [-0.39, 0.29) is 25.0 Å². The minimum atomic E-state index is -4.25. The number of Topliss-reactive ketones (excluding diaryl/α,β-unsaturated/α-hetero) is 1. The van der Waals surface area contributed by atoms with Crippen LogP contribution in [0.5, 0.6) is 0 Å². The van der Waals surface area contributed by atoms with Crippen molar-refractivity contribution in [3.8, 4) is 0 Å². The smallest absolute Gasteiger partial charge is 0.389 e. The molecule has 7 nitrogen and oxygen atoms in total. The Morgan fingerprint density at radius 1 is 1.00 bits per heavy atom. The fourth-order valence-corrected chi connectivity index (χ4v) is 4.29. The van der Waals surface area contributed by atoms with E-state index in [0.717, 1.165) is 37.2 Å². The van der Waals surface area contributed by atoms with Crippen molar-refractivity contribution in [3.63, 3.8) is 0 Å². The maximum atomic E-state index is 12.5. The fraction of sp³-hybridized carbons (Fsp3) is 0.444. The Labute approximate surface area is 224 Å². The van der Waals surface area contributed by atoms with E-state index in [1.807, 2.05) is 18.2 Å². The van der Waals surface area contributed by atoms with Crippen molar-refractivity contribution in [1.82, 2.24) is 5.32 Å². The molecule has 208 valence electrons. The number of carbonyl (C=O) groups is 3. The Kier molecular flexibility index (Phi) is 12.1. The van der Waals surface area contributed by atoms with Crippen LogP contribution in [0.1, 0.15) is 59.7 Å². The van der Waals surface area contributed by atoms with Gasteiger partial charge in [-0.2, -0.15) is 13.2 Å². The number of halogens is 4. The normalized spacial score (nSPS) is 13.8. The van der Waals surface area contributed by atoms with Gasteiger partial charge in [-0.25, -0.2) is 0 Å². The van der Waals surface area contributed by atoms with E-state index in [1.165, 1.54) is 18.1 Å². The minimum absolute atomic E-state index is 0.114. The van der Waals surface area contributed by atoms with Gasteiger partial charge in [-0.05, 0) is 54.6 Å². The first-order chi connectivity index (χ1) is 17.9. The molecular formula is C27H32ClF3N2O5. The lowest BCUT2D eigenvalue weighted by molar-refractivity contribution is -0.143. The maximum Gasteiger partial charge on any atom is 0.389 e. The number of rotatable bonds is 10. The average Bonchev–Trinajstić information content (AvgIpc) is 3.07. The van der Waals surface area contributed by atoms with Crippen molar-refractivity contribution in [2.24, 2.45) is 5.92 Å². The van der Waals surface area contributed by atoms with E-state index in [4.69, 9.17) is 21.8 Å². The number of alkyl halides is 3. The predicted molar refractivity (Wildman–Crippen MR) is 139 cm³/mol. The number of anilines is 1. The third-order valence-electron chi connectivity index (χ3n) is 5.89. The summed E-state index contributed by atoms with van der Waals surface area (Å²) in [7, 11) is 0. The monoisotopic (exact) mass is 556 g/mol. The summed E-state index contributed by atoms with van der Waals surface area (Å²) in [4.78, 5) is 31.5. The summed E-state index contributed by atoms with van der Waals surface area (Å²) in [6.07, 6.45) is -4.03. The number of hydrogen-bond acceptors (Lipinski definition) is 5. The van der Waals surface area contributed by atoms with Crippen molar-refractivity contribution in [3.05, 3.63) is 63.7 Å². The first kappa shape index (κ1) is 31.1. The van der Waals surface area contributed by atoms with Crippen LogP contribution in [-0.4, -0.2) is 47.2 Å². The van der Waals surface area contributed by atoms with Crippen molar-refractivity contribution in [2.45, 2.75) is 58.2 Å². The standard InChI is InChI=1S/C23H26ClF3N2O.C4H6O4/c1-15(13-23(25,26)27)12-21(30)18-4-2-16(3-5-18)14-29-22-19-9-11-28-10-8-17(19)6-7-20(22)24;5-3(6)1-2-4(7)8/h2-7,15,28-29H,8-14H2,1H3;1-2H2,(H,5,6)(H,7,8). The van der Waals surface area contributed by atoms with Crippen LogP contribution in [0, 0.1) is 5.92 Å². The highest BCUT2D eigenvalue weighted by Crippen LogP contribution is 2.31. The molecule has 0 radical (unpaired) electrons. The minimum Gasteiger partial charge on any atom is -0.481 e. The lowest BCUT2D eigenvalue weighted by Crippen LogP contribution is -2.16. The molecule has 11 heteroatoms. The van der Waals surface area contributed by atoms with Gasteiger partial charge < -0.3 is 20.8 Å². The van der Waals surface area contributed by atoms with Gasteiger partial charge in [0.05, 0.1) is 23.6 Å². The van der Waals surface area contributed by atoms with Crippen molar-refractivity contribution in [2.75, 3.05) is 18.4 Å². The second-order valence-electron chi connectivity index (χ2n) is 9.20. The summed E-state index contributed by atoms with van der Waals surface area (Å²) in [6, 6.07) is 11.0. The molecule has 0 fully saturated rings. The largest absolute Gasteiger partial charge is 0.481 e. The molecule has 38 heavy (non-hydrogen) atoms. The third kappa shape index (κ3) is 11.1. The molecule has 1 heterocycles. The molecule has 1 unspecified atom stereocenters. The van der Waals surface area contributed by atoms with E-state index in [9.17, 15) is 27.6 Å². The quantitative estimate of drug-likeness (QED) is 0.276. The maximum absolute atomic E-state index is 12.5. The Balaban J connectivity index is 0.000000550. The van der Waals surface area contributed by atoms with Gasteiger partial charge in [0.15, 0.2) is 5.78 Å². The van der Waals surface area contributed by atoms with Gasteiger partial charge in [0.25, 0.3) is 0 Å². The Bertz CT molecular complexity index is 1090. The summed E-state index contributed by atoms with van der Waals surface area (Å²) in [5, 5.41) is 23.3. The molecule has 0 saturated heterocycles. The van der Waals surface area contributed by atoms with Crippen molar-refractivity contribution >= 4 is 35.0 Å². The van der Waals surface area contributed by atoms with Crippen LogP contribution in [0.4, 0.5) is 18.9 Å². The van der Waals surface area contributed by atoms with Gasteiger partial charge in [0, 0.05) is 24.9 Å². The number of carbonyl (C=O) groups excluding carboxylic acids is 1. The zero-order valence-corrected chi connectivity index (χ0v) is 21.8. The molecule has 0 spiro atoms. The molecule has 0 amide bonds. The summed E-state index contributed by atoms with van der Waals surface area (Å²) < 4.78 is 37.4. The molecule has 3 rings (SSSR count). The molecule has 0 aliphatic carbocycles. The highest BCUT2D eigenvalue weighted by Gasteiger charge is 2.30. The van der Waals surface area contributed by atoms with Crippen LogP contribution < -0.4 is 10.6 Å². The number of fused-ring (bicyclic) bond motifs is 1. The van der Waals surface area contributed by atoms with Crippen LogP contribution in [-0.2, 0) is 29.0 Å². The van der Waals surface area contributed by atoms with Crippen LogP contribution in [0.15, 0.2) is 36.4 Å². The number of carboxylic acid groups (broad SMARTS) is 2. The summed E-state index contributed by atoms with van der Waals surface area (Å²) in [5.41, 5.74) is 4.87. The lowest BCUT2D eigenvalue weighted by atomic mass is 9.96. The molecule has 1 atom stereocenters. The van der Waals surface area contributed by atoms with Crippen molar-refractivity contribution in [1.29, 1.82) is 0 Å².